The van der Waals surface area contributed by atoms with Crippen molar-refractivity contribution < 1.29 is 14.2 Å². The van der Waals surface area contributed by atoms with Crippen molar-refractivity contribution in [2.24, 2.45) is 0 Å². The molecule has 0 radical (unpaired) electrons. The van der Waals surface area contributed by atoms with Gasteiger partial charge in [0, 0.05) is 29.7 Å². The summed E-state index contributed by atoms with van der Waals surface area (Å²) in [6.45, 7) is 5.08. The molecule has 20 heavy (non-hydrogen) atoms. The Labute approximate surface area is 128 Å². The highest BCUT2D eigenvalue weighted by Gasteiger charge is 2.17. The smallest absolute Gasteiger partial charge is 0.166 e. The summed E-state index contributed by atoms with van der Waals surface area (Å²) >= 11 is 3.59. The molecule has 0 bridgehead atoms. The molecule has 1 atom stereocenters. The van der Waals surface area contributed by atoms with Crippen molar-refractivity contribution in [1.82, 2.24) is 5.32 Å². The fourth-order valence-corrected chi connectivity index (χ4v) is 2.83. The second-order valence-corrected chi connectivity index (χ2v) is 5.61. The van der Waals surface area contributed by atoms with Crippen LogP contribution in [0.1, 0.15) is 25.3 Å². The van der Waals surface area contributed by atoms with Crippen LogP contribution in [0.5, 0.6) is 11.5 Å². The zero-order valence-corrected chi connectivity index (χ0v) is 13.7. The topological polar surface area (TPSA) is 39.7 Å². The third kappa shape index (κ3) is 3.87. The number of rotatable bonds is 7. The lowest BCUT2D eigenvalue weighted by Crippen LogP contribution is -2.26. The van der Waals surface area contributed by atoms with E-state index in [4.69, 9.17) is 14.2 Å². The minimum absolute atomic E-state index is 0.343. The molecule has 1 N–H and O–H groups in total. The molecule has 0 aromatic heterocycles. The summed E-state index contributed by atoms with van der Waals surface area (Å²) in [5.41, 5.74) is 1.09. The van der Waals surface area contributed by atoms with Crippen LogP contribution < -0.4 is 14.8 Å². The molecule has 112 valence electrons. The number of hydrogen-bond acceptors (Lipinski definition) is 4. The van der Waals surface area contributed by atoms with Crippen molar-refractivity contribution in [2.75, 3.05) is 26.9 Å². The fourth-order valence-electron chi connectivity index (χ4n) is 2.37. The van der Waals surface area contributed by atoms with Crippen LogP contribution in [0.25, 0.3) is 0 Å². The number of benzene rings is 1. The zero-order chi connectivity index (χ0) is 14.4. The Morgan fingerprint density at radius 1 is 1.45 bits per heavy atom. The van der Waals surface area contributed by atoms with Gasteiger partial charge >= 0.3 is 0 Å². The van der Waals surface area contributed by atoms with E-state index in [-0.39, 0.29) is 0 Å². The van der Waals surface area contributed by atoms with Gasteiger partial charge in [-0.3, -0.25) is 0 Å². The average molecular weight is 344 g/mol. The molecule has 1 aromatic rings. The first kappa shape index (κ1) is 15.6. The molecular weight excluding hydrogens is 322 g/mol. The molecule has 0 aliphatic carbocycles. The van der Waals surface area contributed by atoms with Crippen molar-refractivity contribution in [3.05, 3.63) is 22.2 Å². The number of halogens is 1. The maximum Gasteiger partial charge on any atom is 0.166 e. The molecule has 1 heterocycles. The van der Waals surface area contributed by atoms with Crippen LogP contribution in [0.4, 0.5) is 0 Å². The molecular formula is C15H22BrNO3. The van der Waals surface area contributed by atoms with Crippen molar-refractivity contribution in [2.45, 2.75) is 32.4 Å². The summed E-state index contributed by atoms with van der Waals surface area (Å²) < 4.78 is 17.8. The predicted octanol–water partition coefficient (Wildman–Crippen LogP) is 3.13. The van der Waals surface area contributed by atoms with Crippen LogP contribution >= 0.6 is 15.9 Å². The van der Waals surface area contributed by atoms with Crippen LogP contribution in [0.2, 0.25) is 0 Å². The van der Waals surface area contributed by atoms with Gasteiger partial charge in [0.1, 0.15) is 0 Å². The highest BCUT2D eigenvalue weighted by molar-refractivity contribution is 9.10. The molecule has 1 aromatic carbocycles. The Kier molecular flexibility index (Phi) is 6.13. The summed E-state index contributed by atoms with van der Waals surface area (Å²) in [6, 6.07) is 3.91. The summed E-state index contributed by atoms with van der Waals surface area (Å²) in [6.07, 6.45) is 2.65. The van der Waals surface area contributed by atoms with Gasteiger partial charge in [-0.15, -0.1) is 0 Å². The quantitative estimate of drug-likeness (QED) is 0.825. The maximum absolute atomic E-state index is 5.74. The van der Waals surface area contributed by atoms with E-state index in [1.807, 2.05) is 19.1 Å². The van der Waals surface area contributed by atoms with Crippen LogP contribution in [0.3, 0.4) is 0 Å². The third-order valence-corrected chi connectivity index (χ3v) is 4.12. The number of methoxy groups -OCH3 is 1. The summed E-state index contributed by atoms with van der Waals surface area (Å²) in [5.74, 6) is 1.58. The van der Waals surface area contributed by atoms with Crippen LogP contribution in [0.15, 0.2) is 16.6 Å². The Bertz CT molecular complexity index is 433. The van der Waals surface area contributed by atoms with Gasteiger partial charge in [-0.1, -0.05) is 15.9 Å². The molecule has 0 spiro atoms. The Morgan fingerprint density at radius 3 is 2.95 bits per heavy atom. The van der Waals surface area contributed by atoms with Gasteiger partial charge in [0.25, 0.3) is 0 Å². The zero-order valence-electron chi connectivity index (χ0n) is 12.1. The Hall–Kier alpha value is -0.780. The van der Waals surface area contributed by atoms with Crippen molar-refractivity contribution in [3.8, 4) is 11.5 Å². The number of ether oxygens (including phenoxy) is 3. The van der Waals surface area contributed by atoms with Gasteiger partial charge in [0.05, 0.1) is 19.8 Å². The molecule has 0 saturated carbocycles. The summed E-state index contributed by atoms with van der Waals surface area (Å²) in [4.78, 5) is 0. The first-order valence-electron chi connectivity index (χ1n) is 7.06. The lowest BCUT2D eigenvalue weighted by atomic mass is 10.1. The summed E-state index contributed by atoms with van der Waals surface area (Å²) in [7, 11) is 1.66. The molecule has 1 fully saturated rings. The second-order valence-electron chi connectivity index (χ2n) is 4.76. The van der Waals surface area contributed by atoms with Gasteiger partial charge in [-0.2, -0.15) is 0 Å². The van der Waals surface area contributed by atoms with E-state index in [1.165, 1.54) is 6.42 Å². The highest BCUT2D eigenvalue weighted by Crippen LogP contribution is 2.36. The monoisotopic (exact) mass is 343 g/mol. The Balaban J connectivity index is 2.03. The van der Waals surface area contributed by atoms with Gasteiger partial charge < -0.3 is 19.5 Å². The molecule has 4 nitrogen and oxygen atoms in total. The maximum atomic E-state index is 5.74. The van der Waals surface area contributed by atoms with Crippen molar-refractivity contribution in [1.29, 1.82) is 0 Å². The van der Waals surface area contributed by atoms with Gasteiger partial charge in [0.15, 0.2) is 11.5 Å². The number of hydrogen-bond donors (Lipinski definition) is 1. The highest BCUT2D eigenvalue weighted by atomic mass is 79.9. The largest absolute Gasteiger partial charge is 0.493 e. The van der Waals surface area contributed by atoms with E-state index in [2.05, 4.69) is 21.2 Å². The van der Waals surface area contributed by atoms with E-state index in [0.717, 1.165) is 47.7 Å². The molecule has 2 rings (SSSR count). The third-order valence-electron chi connectivity index (χ3n) is 3.37. The van der Waals surface area contributed by atoms with Gasteiger partial charge in [-0.05, 0) is 31.9 Å². The summed E-state index contributed by atoms with van der Waals surface area (Å²) in [5, 5.41) is 3.44. The molecule has 0 amide bonds. The van der Waals surface area contributed by atoms with Crippen LogP contribution in [-0.4, -0.2) is 33.0 Å². The van der Waals surface area contributed by atoms with E-state index in [1.54, 1.807) is 7.11 Å². The van der Waals surface area contributed by atoms with Crippen LogP contribution in [-0.2, 0) is 11.3 Å². The van der Waals surface area contributed by atoms with E-state index < -0.39 is 0 Å². The first-order valence-corrected chi connectivity index (χ1v) is 7.86. The van der Waals surface area contributed by atoms with Gasteiger partial charge in [0.2, 0.25) is 0 Å². The van der Waals surface area contributed by atoms with E-state index >= 15 is 0 Å². The SMILES string of the molecule is CCOc1c(OC)ccc(Br)c1CNCC1CCCO1. The van der Waals surface area contributed by atoms with Crippen LogP contribution in [0, 0.1) is 0 Å². The minimum atomic E-state index is 0.343. The molecule has 1 aliphatic heterocycles. The fraction of sp³-hybridized carbons (Fsp3) is 0.600. The first-order chi connectivity index (χ1) is 9.76. The second kappa shape index (κ2) is 7.86. The lowest BCUT2D eigenvalue weighted by molar-refractivity contribution is 0.110. The normalized spacial score (nSPS) is 18.2. The molecule has 1 saturated heterocycles. The van der Waals surface area contributed by atoms with Crippen molar-refractivity contribution in [3.63, 3.8) is 0 Å². The molecule has 5 heteroatoms. The minimum Gasteiger partial charge on any atom is -0.493 e. The lowest BCUT2D eigenvalue weighted by Gasteiger charge is -2.17. The van der Waals surface area contributed by atoms with Gasteiger partial charge in [-0.25, -0.2) is 0 Å². The number of nitrogens with one attached hydrogen (secondary N) is 1. The van der Waals surface area contributed by atoms with E-state index in [0.29, 0.717) is 12.7 Å². The Morgan fingerprint density at radius 2 is 2.30 bits per heavy atom. The average Bonchev–Trinajstić information content (AvgIpc) is 2.95. The predicted molar refractivity (Wildman–Crippen MR) is 82.5 cm³/mol. The standard InChI is InChI=1S/C15H22BrNO3/c1-3-19-15-12(13(16)6-7-14(15)18-2)10-17-9-11-5-4-8-20-11/h6-7,11,17H,3-5,8-10H2,1-2H3. The molecule has 1 aliphatic rings. The molecule has 1 unspecified atom stereocenters. The van der Waals surface area contributed by atoms with E-state index in [9.17, 15) is 0 Å². The van der Waals surface area contributed by atoms with Crippen molar-refractivity contribution >= 4 is 15.9 Å².